The summed E-state index contributed by atoms with van der Waals surface area (Å²) in [7, 11) is 0. The Morgan fingerprint density at radius 1 is 1.31 bits per heavy atom. The quantitative estimate of drug-likeness (QED) is 0.782. The predicted molar refractivity (Wildman–Crippen MR) is 68.6 cm³/mol. The van der Waals surface area contributed by atoms with Crippen LogP contribution >= 0.6 is 15.9 Å². The van der Waals surface area contributed by atoms with Crippen molar-refractivity contribution in [3.05, 3.63) is 0 Å². The topological polar surface area (TPSA) is 49.4 Å². The molecule has 0 bridgehead atoms. The number of carbonyl (C=O) groups is 2. The number of alkyl halides is 1. The van der Waals surface area contributed by atoms with Gasteiger partial charge in [-0.1, -0.05) is 15.9 Å². The van der Waals surface area contributed by atoms with Gasteiger partial charge in [0.25, 0.3) is 0 Å². The highest BCUT2D eigenvalue weighted by Crippen LogP contribution is 2.01. The molecule has 0 radical (unpaired) electrons. The van der Waals surface area contributed by atoms with Gasteiger partial charge in [0.05, 0.1) is 6.54 Å². The molecule has 0 aliphatic heterocycles. The number of carbonyl (C=O) groups excluding carboxylic acids is 2. The van der Waals surface area contributed by atoms with E-state index in [0.29, 0.717) is 18.3 Å². The van der Waals surface area contributed by atoms with E-state index < -0.39 is 0 Å². The van der Waals surface area contributed by atoms with Gasteiger partial charge in [-0.3, -0.25) is 9.59 Å². The number of halogens is 1. The zero-order chi connectivity index (χ0) is 12.8. The molecule has 5 heteroatoms. The van der Waals surface area contributed by atoms with E-state index in [4.69, 9.17) is 0 Å². The largest absolute Gasteiger partial charge is 0.350 e. The summed E-state index contributed by atoms with van der Waals surface area (Å²) in [5.41, 5.74) is -0.255. The van der Waals surface area contributed by atoms with E-state index in [-0.39, 0.29) is 23.9 Å². The minimum Gasteiger partial charge on any atom is -0.350 e. The van der Waals surface area contributed by atoms with Crippen LogP contribution < -0.4 is 5.32 Å². The smallest absolute Gasteiger partial charge is 0.240 e. The number of likely N-dealkylation sites (N-methyl/N-ethyl adjacent to an activating group) is 1. The summed E-state index contributed by atoms with van der Waals surface area (Å²) in [4.78, 5) is 24.8. The summed E-state index contributed by atoms with van der Waals surface area (Å²) in [6.45, 7) is 8.32. The Hall–Kier alpha value is -0.580. The standard InChI is InChI=1S/C11H21BrN2O2/c1-5-14(10(16)6-7-12)8-9(15)13-11(2,3)4/h5-8H2,1-4H3,(H,13,15). The van der Waals surface area contributed by atoms with E-state index in [0.717, 1.165) is 0 Å². The van der Waals surface area contributed by atoms with Crippen molar-refractivity contribution < 1.29 is 9.59 Å². The molecule has 94 valence electrons. The lowest BCUT2D eigenvalue weighted by atomic mass is 10.1. The predicted octanol–water partition coefficient (Wildman–Crippen LogP) is 1.53. The van der Waals surface area contributed by atoms with Gasteiger partial charge < -0.3 is 10.2 Å². The molecule has 0 saturated heterocycles. The Bertz CT molecular complexity index is 249. The first-order valence-electron chi connectivity index (χ1n) is 5.45. The molecular formula is C11H21BrN2O2. The highest BCUT2D eigenvalue weighted by atomic mass is 79.9. The normalized spacial score (nSPS) is 11.1. The van der Waals surface area contributed by atoms with Crippen LogP contribution in [0.5, 0.6) is 0 Å². The summed E-state index contributed by atoms with van der Waals surface area (Å²) in [6.07, 6.45) is 0.427. The fourth-order valence-electron chi connectivity index (χ4n) is 1.25. The molecule has 16 heavy (non-hydrogen) atoms. The van der Waals surface area contributed by atoms with Gasteiger partial charge >= 0.3 is 0 Å². The first-order valence-corrected chi connectivity index (χ1v) is 6.57. The van der Waals surface area contributed by atoms with E-state index >= 15 is 0 Å². The average Bonchev–Trinajstić information content (AvgIpc) is 2.11. The molecule has 0 aromatic rings. The number of amides is 2. The van der Waals surface area contributed by atoms with Crippen molar-refractivity contribution in [2.45, 2.75) is 39.7 Å². The Balaban J connectivity index is 4.22. The number of hydrogen-bond donors (Lipinski definition) is 1. The molecule has 0 rings (SSSR count). The molecular weight excluding hydrogens is 272 g/mol. The van der Waals surface area contributed by atoms with Crippen LogP contribution in [0.15, 0.2) is 0 Å². The van der Waals surface area contributed by atoms with Crippen LogP contribution in [0, 0.1) is 0 Å². The molecule has 0 atom stereocenters. The second-order valence-corrected chi connectivity index (χ2v) is 5.44. The van der Waals surface area contributed by atoms with E-state index in [1.807, 2.05) is 27.7 Å². The Morgan fingerprint density at radius 3 is 2.25 bits per heavy atom. The highest BCUT2D eigenvalue weighted by Gasteiger charge is 2.18. The van der Waals surface area contributed by atoms with Gasteiger partial charge in [0.1, 0.15) is 0 Å². The second kappa shape index (κ2) is 6.89. The number of hydrogen-bond acceptors (Lipinski definition) is 2. The van der Waals surface area contributed by atoms with Gasteiger partial charge in [0.15, 0.2) is 0 Å². The number of nitrogens with one attached hydrogen (secondary N) is 1. The van der Waals surface area contributed by atoms with Crippen LogP contribution in [0.25, 0.3) is 0 Å². The average molecular weight is 293 g/mol. The summed E-state index contributed by atoms with van der Waals surface area (Å²) >= 11 is 3.21. The lowest BCUT2D eigenvalue weighted by Crippen LogP contribution is -2.47. The van der Waals surface area contributed by atoms with Gasteiger partial charge in [-0.05, 0) is 27.7 Å². The lowest BCUT2D eigenvalue weighted by Gasteiger charge is -2.24. The zero-order valence-corrected chi connectivity index (χ0v) is 12.1. The van der Waals surface area contributed by atoms with Crippen LogP contribution in [0.1, 0.15) is 34.1 Å². The van der Waals surface area contributed by atoms with Crippen molar-refractivity contribution in [3.63, 3.8) is 0 Å². The van der Waals surface area contributed by atoms with Crippen molar-refractivity contribution in [2.24, 2.45) is 0 Å². The fourth-order valence-corrected chi connectivity index (χ4v) is 1.59. The zero-order valence-electron chi connectivity index (χ0n) is 10.5. The van der Waals surface area contributed by atoms with Crippen LogP contribution in [0.3, 0.4) is 0 Å². The summed E-state index contributed by atoms with van der Waals surface area (Å²) in [5.74, 6) is -0.110. The summed E-state index contributed by atoms with van der Waals surface area (Å²) < 4.78 is 0. The molecule has 0 aromatic carbocycles. The highest BCUT2D eigenvalue weighted by molar-refractivity contribution is 9.09. The number of rotatable bonds is 5. The van der Waals surface area contributed by atoms with Crippen LogP contribution in [-0.2, 0) is 9.59 Å². The van der Waals surface area contributed by atoms with Crippen molar-refractivity contribution in [1.82, 2.24) is 10.2 Å². The third-order valence-corrected chi connectivity index (χ3v) is 2.29. The minimum absolute atomic E-state index is 0.00318. The Labute approximate surface area is 106 Å². The number of nitrogens with zero attached hydrogens (tertiary/aromatic N) is 1. The van der Waals surface area contributed by atoms with Gasteiger partial charge in [-0.25, -0.2) is 0 Å². The molecule has 2 amide bonds. The van der Waals surface area contributed by atoms with E-state index in [1.165, 1.54) is 0 Å². The van der Waals surface area contributed by atoms with Gasteiger partial charge in [-0.15, -0.1) is 0 Å². The van der Waals surface area contributed by atoms with E-state index in [9.17, 15) is 9.59 Å². The molecule has 0 aromatic heterocycles. The lowest BCUT2D eigenvalue weighted by molar-refractivity contribution is -0.136. The van der Waals surface area contributed by atoms with Crippen molar-refractivity contribution in [3.8, 4) is 0 Å². The third kappa shape index (κ3) is 6.82. The maximum atomic E-state index is 11.6. The van der Waals surface area contributed by atoms with Crippen molar-refractivity contribution in [1.29, 1.82) is 0 Å². The maximum absolute atomic E-state index is 11.6. The third-order valence-electron chi connectivity index (χ3n) is 1.89. The van der Waals surface area contributed by atoms with E-state index in [2.05, 4.69) is 21.2 Å². The molecule has 0 unspecified atom stereocenters. The van der Waals surface area contributed by atoms with Gasteiger partial charge in [-0.2, -0.15) is 0 Å². The summed E-state index contributed by atoms with van der Waals surface area (Å²) in [5, 5.41) is 3.46. The van der Waals surface area contributed by atoms with Gasteiger partial charge in [0.2, 0.25) is 11.8 Å². The van der Waals surface area contributed by atoms with Crippen molar-refractivity contribution in [2.75, 3.05) is 18.4 Å². The Kier molecular flexibility index (Phi) is 6.64. The maximum Gasteiger partial charge on any atom is 0.240 e. The minimum atomic E-state index is -0.255. The molecule has 0 aliphatic rings. The molecule has 0 aliphatic carbocycles. The van der Waals surface area contributed by atoms with Crippen LogP contribution in [-0.4, -0.2) is 40.7 Å². The molecule has 0 saturated carbocycles. The first-order chi connectivity index (χ1) is 7.30. The monoisotopic (exact) mass is 292 g/mol. The second-order valence-electron chi connectivity index (χ2n) is 4.65. The van der Waals surface area contributed by atoms with Gasteiger partial charge in [0, 0.05) is 23.8 Å². The van der Waals surface area contributed by atoms with Crippen LogP contribution in [0.2, 0.25) is 0 Å². The molecule has 1 N–H and O–H groups in total. The van der Waals surface area contributed by atoms with E-state index in [1.54, 1.807) is 4.90 Å². The van der Waals surface area contributed by atoms with Crippen molar-refractivity contribution >= 4 is 27.7 Å². The molecule has 0 fully saturated rings. The Morgan fingerprint density at radius 2 is 1.88 bits per heavy atom. The fraction of sp³-hybridized carbons (Fsp3) is 0.818. The first kappa shape index (κ1) is 15.4. The molecule has 0 spiro atoms. The van der Waals surface area contributed by atoms with Crippen LogP contribution in [0.4, 0.5) is 0 Å². The molecule has 4 nitrogen and oxygen atoms in total. The SMILES string of the molecule is CCN(CC(=O)NC(C)(C)C)C(=O)CCBr. The summed E-state index contributed by atoms with van der Waals surface area (Å²) in [6, 6.07) is 0. The molecule has 0 heterocycles.